The Kier molecular flexibility index (Phi) is 10.3. The van der Waals surface area contributed by atoms with Gasteiger partial charge in [0.1, 0.15) is 5.41 Å². The van der Waals surface area contributed by atoms with Crippen LogP contribution in [0, 0.1) is 11.3 Å². The maximum absolute atomic E-state index is 11.9. The van der Waals surface area contributed by atoms with E-state index in [4.69, 9.17) is 17.5 Å². The molecule has 1 heterocycles. The van der Waals surface area contributed by atoms with Crippen molar-refractivity contribution < 1.29 is 61.8 Å². The van der Waals surface area contributed by atoms with Crippen molar-refractivity contribution in [2.24, 2.45) is 16.3 Å². The fourth-order valence-corrected chi connectivity index (χ4v) is 2.30. The molecule has 11 heteroatoms. The first kappa shape index (κ1) is 23.7. The van der Waals surface area contributed by atoms with Gasteiger partial charge >= 0.3 is 40.0 Å². The Morgan fingerprint density at radius 3 is 2.09 bits per heavy atom. The molecule has 2 atom stereocenters. The Bertz CT molecular complexity index is 527. The van der Waals surface area contributed by atoms with E-state index in [2.05, 4.69) is 10.3 Å². The molecule has 0 fully saturated rings. The Labute approximate surface area is 151 Å². The molecule has 0 saturated carbocycles. The van der Waals surface area contributed by atoms with E-state index in [0.29, 0.717) is 6.42 Å². The quantitative estimate of drug-likeness (QED) is 0.271. The molecule has 0 bridgehead atoms. The number of carbonyl (C=O) groups excluding carboxylic acids is 2. The number of rotatable bonds is 4. The van der Waals surface area contributed by atoms with Crippen molar-refractivity contribution >= 4 is 28.2 Å². The molecule has 3 N–H and O–H groups in total. The van der Waals surface area contributed by atoms with E-state index in [0.717, 1.165) is 12.8 Å². The third-order valence-corrected chi connectivity index (χ3v) is 3.33. The number of amidine groups is 1. The van der Waals surface area contributed by atoms with E-state index in [1.807, 2.05) is 13.8 Å². The van der Waals surface area contributed by atoms with Gasteiger partial charge in [0.2, 0.25) is 5.91 Å². The second-order valence-corrected chi connectivity index (χ2v) is 5.53. The Morgan fingerprint density at radius 2 is 1.77 bits per heavy atom. The zero-order chi connectivity index (χ0) is 16.8. The van der Waals surface area contributed by atoms with Gasteiger partial charge in [-0.15, -0.1) is 0 Å². The van der Waals surface area contributed by atoms with E-state index in [1.165, 1.54) is 0 Å². The van der Waals surface area contributed by atoms with Crippen molar-refractivity contribution in [3.63, 3.8) is 0 Å². The predicted molar refractivity (Wildman–Crippen MR) is 71.6 cm³/mol. The summed E-state index contributed by atoms with van der Waals surface area (Å²) in [5, 5.41) is 13.1. The second-order valence-electron chi connectivity index (χ2n) is 4.64. The molecule has 0 saturated heterocycles. The van der Waals surface area contributed by atoms with Crippen molar-refractivity contribution in [2.45, 2.75) is 40.0 Å². The molecule has 0 aromatic heterocycles. The summed E-state index contributed by atoms with van der Waals surface area (Å²) in [6.07, 6.45) is 2.02. The largest absolute Gasteiger partial charge is 1.00 e. The van der Waals surface area contributed by atoms with E-state index < -0.39 is 33.7 Å². The van der Waals surface area contributed by atoms with Crippen molar-refractivity contribution in [1.29, 1.82) is 0 Å². The van der Waals surface area contributed by atoms with Gasteiger partial charge in [0.05, 0.1) is 6.02 Å². The number of hydrogen-bond acceptors (Lipinski definition) is 5. The van der Waals surface area contributed by atoms with Crippen LogP contribution in [0.25, 0.3) is 0 Å². The number of carbonyl (C=O) groups is 2. The third kappa shape index (κ3) is 6.71. The van der Waals surface area contributed by atoms with Crippen molar-refractivity contribution in [1.82, 2.24) is 5.32 Å². The van der Waals surface area contributed by atoms with Crippen molar-refractivity contribution in [3.8, 4) is 0 Å². The molecule has 1 aliphatic rings. The van der Waals surface area contributed by atoms with Gasteiger partial charge in [-0.3, -0.25) is 18.7 Å². The van der Waals surface area contributed by atoms with Crippen LogP contribution in [0.3, 0.4) is 0 Å². The molecule has 0 aromatic carbocycles. The first-order valence-corrected chi connectivity index (χ1v) is 7.70. The summed E-state index contributed by atoms with van der Waals surface area (Å²) in [5.41, 5.74) is -1.15. The Morgan fingerprint density at radius 1 is 1.32 bits per heavy atom. The molecule has 0 spiro atoms. The zero-order valence-corrected chi connectivity index (χ0v) is 15.8. The average Bonchev–Trinajstić information content (AvgIpc) is 2.26. The van der Waals surface area contributed by atoms with E-state index in [-0.39, 0.29) is 35.5 Å². The summed E-state index contributed by atoms with van der Waals surface area (Å²) in [6.45, 7) is 5.62. The summed E-state index contributed by atoms with van der Waals surface area (Å²) in [6, 6.07) is -0.845. The van der Waals surface area contributed by atoms with Crippen molar-refractivity contribution in [2.75, 3.05) is 0 Å². The van der Waals surface area contributed by atoms with E-state index >= 15 is 0 Å². The molecule has 22 heavy (non-hydrogen) atoms. The molecule has 1 aliphatic heterocycles. The van der Waals surface area contributed by atoms with Crippen LogP contribution in [0.1, 0.15) is 40.0 Å². The Balaban J connectivity index is 0. The minimum Gasteiger partial charge on any atom is -0.846 e. The van der Waals surface area contributed by atoms with E-state index in [1.54, 1.807) is 6.92 Å². The predicted octanol–water partition coefficient (Wildman–Crippen LogP) is -3.46. The molecule has 2 amide bonds. The normalized spacial score (nSPS) is 22.5. The van der Waals surface area contributed by atoms with Crippen LogP contribution >= 0.6 is 0 Å². The topological polar surface area (TPSA) is 156 Å². The van der Waals surface area contributed by atoms with Crippen LogP contribution in [-0.4, -0.2) is 35.4 Å². The first-order chi connectivity index (χ1) is 9.48. The summed E-state index contributed by atoms with van der Waals surface area (Å²) >= 11 is 0. The molecule has 1 rings (SSSR count). The fourth-order valence-electron chi connectivity index (χ4n) is 2.30. The van der Waals surface area contributed by atoms with Crippen LogP contribution in [0.4, 0.5) is 0 Å². The number of amides is 2. The molecule has 0 radical (unpaired) electrons. The molecule has 122 valence electrons. The first-order valence-electron chi connectivity index (χ1n) is 6.30. The standard InChI is InChI=1S/C11H18N2O3.Na.H2O4S/c1-4-6-7(3)11(5-2)8(14)12-10(16)13-9(11)15;;1-5(2,3)4/h7H,4-6H2,1-3H3,(H2,12,13,14,15,16);;(H2,1,2,3,4)/q;+1;/p-1. The molecular weight excluding hydrogens is 327 g/mol. The van der Waals surface area contributed by atoms with Crippen LogP contribution in [0.15, 0.2) is 4.99 Å². The number of nitrogens with one attached hydrogen (secondary N) is 1. The molecule has 9 nitrogen and oxygen atoms in total. The molecule has 0 aliphatic carbocycles. The van der Waals surface area contributed by atoms with Gasteiger partial charge in [0.25, 0.3) is 5.91 Å². The van der Waals surface area contributed by atoms with Crippen LogP contribution in [0.2, 0.25) is 0 Å². The summed E-state index contributed by atoms with van der Waals surface area (Å²) in [7, 11) is -4.67. The van der Waals surface area contributed by atoms with Gasteiger partial charge in [-0.2, -0.15) is 8.42 Å². The fraction of sp³-hybridized carbons (Fsp3) is 0.727. The van der Waals surface area contributed by atoms with Gasteiger partial charge in [-0.25, -0.2) is 4.99 Å². The second kappa shape index (κ2) is 9.58. The number of aliphatic imine (C=N–C) groups is 1. The van der Waals surface area contributed by atoms with Crippen LogP contribution in [-0.2, 0) is 20.0 Å². The zero-order valence-electron chi connectivity index (χ0n) is 13.0. The van der Waals surface area contributed by atoms with Crippen LogP contribution in [0.5, 0.6) is 0 Å². The Hall–Kier alpha value is -0.520. The summed E-state index contributed by atoms with van der Waals surface area (Å²) in [5.74, 6) is -1.20. The van der Waals surface area contributed by atoms with Gasteiger partial charge in [0, 0.05) is 0 Å². The van der Waals surface area contributed by atoms with Gasteiger partial charge in [0.15, 0.2) is 0 Å². The number of hydrogen-bond donors (Lipinski definition) is 3. The smallest absolute Gasteiger partial charge is 0.846 e. The van der Waals surface area contributed by atoms with E-state index in [9.17, 15) is 14.7 Å². The molecular formula is C11H19N2NaO7S. The summed E-state index contributed by atoms with van der Waals surface area (Å²) in [4.78, 5) is 27.1. The minimum absolute atomic E-state index is 0. The molecule has 2 unspecified atom stereocenters. The average molecular weight is 346 g/mol. The third-order valence-electron chi connectivity index (χ3n) is 3.33. The van der Waals surface area contributed by atoms with Crippen molar-refractivity contribution in [3.05, 3.63) is 0 Å². The maximum atomic E-state index is 11.9. The monoisotopic (exact) mass is 346 g/mol. The van der Waals surface area contributed by atoms with Gasteiger partial charge in [-0.05, 0) is 18.8 Å². The minimum atomic E-state index is -4.67. The van der Waals surface area contributed by atoms with Crippen LogP contribution < -0.4 is 40.0 Å². The van der Waals surface area contributed by atoms with Gasteiger partial charge in [-0.1, -0.05) is 27.2 Å². The SMILES string of the molecule is CCCC(C)C1(CC)C(=O)N=C([O-])NC1=O.O=S(=O)(O)O.[Na+]. The number of nitrogens with zero attached hydrogens (tertiary/aromatic N) is 1. The van der Waals surface area contributed by atoms with Gasteiger partial charge < -0.3 is 10.4 Å². The molecule has 0 aromatic rings. The summed E-state index contributed by atoms with van der Waals surface area (Å²) < 4.78 is 31.6. The maximum Gasteiger partial charge on any atom is 1.00 e.